The molecular weight excluding hydrogens is 356 g/mol. The summed E-state index contributed by atoms with van der Waals surface area (Å²) >= 11 is 0. The van der Waals surface area contributed by atoms with Gasteiger partial charge in [-0.05, 0) is 97.2 Å². The van der Waals surface area contributed by atoms with Crippen LogP contribution in [0.4, 0.5) is 0 Å². The van der Waals surface area contributed by atoms with E-state index < -0.39 is 0 Å². The molecule has 0 aromatic carbocycles. The first-order valence-electron chi connectivity index (χ1n) is 13.1. The van der Waals surface area contributed by atoms with E-state index in [0.29, 0.717) is 29.0 Å². The molecule has 0 spiro atoms. The third kappa shape index (κ3) is 3.17. The molecule has 11 atom stereocenters. The quantitative estimate of drug-likeness (QED) is 0.536. The Kier molecular flexibility index (Phi) is 5.18. The number of ether oxygens (including phenoxy) is 1. The van der Waals surface area contributed by atoms with Gasteiger partial charge in [0.15, 0.2) is 0 Å². The zero-order chi connectivity index (χ0) is 20.6. The topological polar surface area (TPSA) is 32.8 Å². The molecule has 0 bridgehead atoms. The third-order valence-electron chi connectivity index (χ3n) is 11.1. The lowest BCUT2D eigenvalue weighted by Gasteiger charge is -2.59. The van der Waals surface area contributed by atoms with E-state index >= 15 is 0 Å². The summed E-state index contributed by atoms with van der Waals surface area (Å²) in [5, 5.41) is 10.3. The first-order chi connectivity index (χ1) is 13.8. The second-order valence-corrected chi connectivity index (χ2v) is 12.9. The Morgan fingerprint density at radius 1 is 0.862 bits per heavy atom. The van der Waals surface area contributed by atoms with Crippen molar-refractivity contribution in [2.75, 3.05) is 0 Å². The van der Waals surface area contributed by atoms with Crippen LogP contribution in [0.3, 0.4) is 0 Å². The van der Waals surface area contributed by atoms with Crippen molar-refractivity contribution < 1.29 is 9.84 Å². The van der Waals surface area contributed by atoms with Crippen LogP contribution >= 0.6 is 0 Å². The van der Waals surface area contributed by atoms with E-state index in [0.717, 1.165) is 48.3 Å². The van der Waals surface area contributed by atoms with Crippen molar-refractivity contribution in [2.45, 2.75) is 117 Å². The van der Waals surface area contributed by atoms with Gasteiger partial charge in [0.1, 0.15) is 0 Å². The van der Waals surface area contributed by atoms with E-state index in [-0.39, 0.29) is 6.10 Å². The largest absolute Gasteiger partial charge is 0.393 e. The van der Waals surface area contributed by atoms with Gasteiger partial charge in [0.2, 0.25) is 0 Å². The Labute approximate surface area is 179 Å². The zero-order valence-electron chi connectivity index (χ0n) is 19.7. The van der Waals surface area contributed by atoms with Crippen LogP contribution in [-0.4, -0.2) is 23.4 Å². The highest BCUT2D eigenvalue weighted by atomic mass is 16.6. The number of aliphatic hydroxyl groups excluding tert-OH is 1. The summed E-state index contributed by atoms with van der Waals surface area (Å²) in [4.78, 5) is 0. The van der Waals surface area contributed by atoms with E-state index in [1.165, 1.54) is 51.4 Å². The molecule has 1 aliphatic heterocycles. The fourth-order valence-electron chi connectivity index (χ4n) is 9.53. The van der Waals surface area contributed by atoms with Crippen LogP contribution in [0.15, 0.2) is 0 Å². The monoisotopic (exact) mass is 402 g/mol. The van der Waals surface area contributed by atoms with E-state index in [4.69, 9.17) is 4.74 Å². The number of fused-ring (bicyclic) bond motifs is 8. The Bertz CT molecular complexity index is 616. The van der Waals surface area contributed by atoms with E-state index in [1.807, 2.05) is 0 Å². The molecule has 4 aliphatic carbocycles. The van der Waals surface area contributed by atoms with E-state index in [1.54, 1.807) is 0 Å². The molecule has 166 valence electrons. The molecule has 0 radical (unpaired) electrons. The lowest BCUT2D eigenvalue weighted by Crippen LogP contribution is -2.57. The highest BCUT2D eigenvalue weighted by molar-refractivity contribution is 5.18. The van der Waals surface area contributed by atoms with Crippen LogP contribution in [-0.2, 0) is 4.74 Å². The molecule has 0 amide bonds. The number of aliphatic hydroxyl groups is 1. The summed E-state index contributed by atoms with van der Waals surface area (Å²) < 4.78 is 6.46. The van der Waals surface area contributed by atoms with Gasteiger partial charge >= 0.3 is 0 Å². The van der Waals surface area contributed by atoms with Crippen molar-refractivity contribution in [1.82, 2.24) is 0 Å². The van der Waals surface area contributed by atoms with Gasteiger partial charge in [0.05, 0.1) is 18.3 Å². The molecule has 5 aliphatic rings. The van der Waals surface area contributed by atoms with E-state index in [9.17, 15) is 5.11 Å². The lowest BCUT2D eigenvalue weighted by molar-refractivity contribution is -0.115. The van der Waals surface area contributed by atoms with Gasteiger partial charge < -0.3 is 9.84 Å². The summed E-state index contributed by atoms with van der Waals surface area (Å²) in [6, 6.07) is 0. The van der Waals surface area contributed by atoms with Crippen molar-refractivity contribution in [1.29, 1.82) is 0 Å². The molecule has 2 nitrogen and oxygen atoms in total. The Morgan fingerprint density at radius 2 is 1.59 bits per heavy atom. The van der Waals surface area contributed by atoms with Gasteiger partial charge in [-0.1, -0.05) is 53.9 Å². The van der Waals surface area contributed by atoms with Crippen molar-refractivity contribution in [3.05, 3.63) is 0 Å². The predicted molar refractivity (Wildman–Crippen MR) is 119 cm³/mol. The van der Waals surface area contributed by atoms with Gasteiger partial charge in [-0.2, -0.15) is 0 Å². The van der Waals surface area contributed by atoms with Crippen LogP contribution in [0.1, 0.15) is 98.8 Å². The fourth-order valence-corrected chi connectivity index (χ4v) is 9.53. The number of epoxide rings is 1. The average molecular weight is 403 g/mol. The van der Waals surface area contributed by atoms with Gasteiger partial charge in [-0.15, -0.1) is 0 Å². The molecule has 1 N–H and O–H groups in total. The van der Waals surface area contributed by atoms with Crippen molar-refractivity contribution in [3.8, 4) is 0 Å². The lowest BCUT2D eigenvalue weighted by atomic mass is 9.44. The maximum absolute atomic E-state index is 10.3. The minimum Gasteiger partial charge on any atom is -0.393 e. The summed E-state index contributed by atoms with van der Waals surface area (Å²) in [7, 11) is 0. The zero-order valence-corrected chi connectivity index (χ0v) is 19.7. The van der Waals surface area contributed by atoms with Gasteiger partial charge in [0, 0.05) is 0 Å². The smallest absolute Gasteiger partial charge is 0.0879 e. The number of rotatable bonds is 5. The summed E-state index contributed by atoms with van der Waals surface area (Å²) in [6.45, 7) is 12.6. The van der Waals surface area contributed by atoms with Crippen LogP contribution in [0.25, 0.3) is 0 Å². The van der Waals surface area contributed by atoms with Gasteiger partial charge in [-0.25, -0.2) is 0 Å². The van der Waals surface area contributed by atoms with Crippen LogP contribution < -0.4 is 0 Å². The maximum atomic E-state index is 10.3. The number of hydrogen-bond acceptors (Lipinski definition) is 2. The minimum absolute atomic E-state index is 0.0779. The second-order valence-electron chi connectivity index (χ2n) is 12.9. The van der Waals surface area contributed by atoms with Crippen LogP contribution in [0.2, 0.25) is 0 Å². The first kappa shape index (κ1) is 20.8. The molecule has 29 heavy (non-hydrogen) atoms. The molecule has 5 rings (SSSR count). The standard InChI is InChI=1S/C27H46O2/c1-16(2)7-6-8-17(3)19-9-10-20-23-21(12-14-26(19,20)4)27(5)13-11-18(28)15-22(27)24-25(23)29-24/h16-25,28H,6-15H2,1-5H3/t17-,18+,19-,20+,21+,22-,23+,24+,25-,26-,27-/m1/s1. The van der Waals surface area contributed by atoms with Gasteiger partial charge in [-0.3, -0.25) is 0 Å². The highest BCUT2D eigenvalue weighted by Crippen LogP contribution is 2.71. The number of hydrogen-bond donors (Lipinski definition) is 1. The SMILES string of the molecule is CC(C)CCC[C@@H](C)[C@H]1CC[C@H]2[C@@H]3[C@H]4O[C@H]4[C@H]4C[C@@H](O)CC[C@]4(C)[C@H]3CC[C@]12C. The summed E-state index contributed by atoms with van der Waals surface area (Å²) in [5.41, 5.74) is 0.968. The molecular formula is C27H46O2. The minimum atomic E-state index is -0.0779. The molecule has 1 saturated heterocycles. The highest BCUT2D eigenvalue weighted by Gasteiger charge is 2.70. The summed E-state index contributed by atoms with van der Waals surface area (Å²) in [5.74, 6) is 5.82. The summed E-state index contributed by atoms with van der Waals surface area (Å²) in [6.07, 6.45) is 14.2. The maximum Gasteiger partial charge on any atom is 0.0879 e. The van der Waals surface area contributed by atoms with Crippen molar-refractivity contribution >= 4 is 0 Å². The molecule has 0 unspecified atom stereocenters. The third-order valence-corrected chi connectivity index (χ3v) is 11.1. The molecule has 0 aromatic heterocycles. The van der Waals surface area contributed by atoms with Crippen LogP contribution in [0, 0.1) is 52.3 Å². The van der Waals surface area contributed by atoms with E-state index in [2.05, 4.69) is 34.6 Å². The van der Waals surface area contributed by atoms with Gasteiger partial charge in [0.25, 0.3) is 0 Å². The normalized spacial score (nSPS) is 54.3. The average Bonchev–Trinajstić information content (AvgIpc) is 3.37. The molecule has 4 saturated carbocycles. The first-order valence-corrected chi connectivity index (χ1v) is 13.1. The Hall–Kier alpha value is -0.0800. The van der Waals surface area contributed by atoms with Crippen LogP contribution in [0.5, 0.6) is 0 Å². The molecule has 2 heteroatoms. The second kappa shape index (κ2) is 7.22. The Balaban J connectivity index is 1.34. The Morgan fingerprint density at radius 3 is 2.34 bits per heavy atom. The molecule has 1 heterocycles. The molecule has 5 fully saturated rings. The molecule has 0 aromatic rings. The van der Waals surface area contributed by atoms with Crippen molar-refractivity contribution in [3.63, 3.8) is 0 Å². The fraction of sp³-hybridized carbons (Fsp3) is 1.00. The van der Waals surface area contributed by atoms with Crippen molar-refractivity contribution in [2.24, 2.45) is 52.3 Å². The predicted octanol–water partition coefficient (Wildman–Crippen LogP) is 6.46.